The zero-order chi connectivity index (χ0) is 10.7. The number of carbonyl (C=O) groups excluding carboxylic acids is 2. The summed E-state index contributed by atoms with van der Waals surface area (Å²) in [4.78, 5) is 24.6. The Hall–Kier alpha value is -0.870. The molecule has 0 N–H and O–H groups in total. The van der Waals surface area contributed by atoms with Crippen LogP contribution in [0, 0.1) is 0 Å². The molecule has 76 valence electrons. The maximum absolute atomic E-state index is 11.5. The van der Waals surface area contributed by atoms with Gasteiger partial charge >= 0.3 is 0 Å². The zero-order valence-corrected chi connectivity index (χ0v) is 9.48. The van der Waals surface area contributed by atoms with Crippen molar-refractivity contribution in [1.82, 2.24) is 4.90 Å². The van der Waals surface area contributed by atoms with E-state index in [9.17, 15) is 9.59 Å². The predicted molar refractivity (Wildman–Crippen MR) is 57.4 cm³/mol. The number of halogens is 1. The van der Waals surface area contributed by atoms with Crippen molar-refractivity contribution in [2.24, 2.45) is 0 Å². The zero-order valence-electron chi connectivity index (χ0n) is 7.91. The number of carbonyl (C=O) groups is 2. The summed E-state index contributed by atoms with van der Waals surface area (Å²) in [5, 5.41) is 1.67. The van der Waals surface area contributed by atoms with E-state index in [0.29, 0.717) is 10.4 Å². The lowest BCUT2D eigenvalue weighted by Crippen LogP contribution is -2.20. The summed E-state index contributed by atoms with van der Waals surface area (Å²) in [6.07, 6.45) is 0. The molecule has 0 aliphatic heterocycles. The van der Waals surface area contributed by atoms with Crippen LogP contribution in [0.4, 0.5) is 0 Å². The van der Waals surface area contributed by atoms with Crippen molar-refractivity contribution in [1.29, 1.82) is 0 Å². The minimum Gasteiger partial charge on any atom is -0.345 e. The third kappa shape index (κ3) is 2.33. The molecule has 1 heterocycles. The molecule has 1 aromatic rings. The highest BCUT2D eigenvalue weighted by Crippen LogP contribution is 2.16. The fraction of sp³-hybridized carbons (Fsp3) is 0.333. The maximum Gasteiger partial charge on any atom is 0.254 e. The van der Waals surface area contributed by atoms with Crippen molar-refractivity contribution in [2.75, 3.05) is 20.0 Å². The van der Waals surface area contributed by atoms with E-state index in [1.165, 1.54) is 16.2 Å². The number of thiophene rings is 1. The molecule has 14 heavy (non-hydrogen) atoms. The van der Waals surface area contributed by atoms with E-state index < -0.39 is 0 Å². The van der Waals surface area contributed by atoms with Crippen LogP contribution >= 0.6 is 22.9 Å². The van der Waals surface area contributed by atoms with E-state index in [-0.39, 0.29) is 17.6 Å². The Morgan fingerprint density at radius 2 is 2.14 bits per heavy atom. The van der Waals surface area contributed by atoms with Crippen LogP contribution in [0.2, 0.25) is 0 Å². The summed E-state index contributed by atoms with van der Waals surface area (Å²) < 4.78 is 0. The number of hydrogen-bond donors (Lipinski definition) is 0. The second-order valence-corrected chi connectivity index (χ2v) is 4.13. The van der Waals surface area contributed by atoms with E-state index in [4.69, 9.17) is 11.6 Å². The number of Topliss-reactive ketones (excluding diaryl/α,β-unsaturated/α-hetero) is 1. The lowest BCUT2D eigenvalue weighted by atomic mass is 10.2. The van der Waals surface area contributed by atoms with E-state index in [1.54, 1.807) is 25.5 Å². The van der Waals surface area contributed by atoms with Crippen LogP contribution in [0.1, 0.15) is 20.0 Å². The molecule has 0 spiro atoms. The molecular weight excluding hydrogens is 222 g/mol. The van der Waals surface area contributed by atoms with Crippen LogP contribution in [0.5, 0.6) is 0 Å². The maximum atomic E-state index is 11.5. The molecule has 0 aromatic carbocycles. The molecule has 0 fully saturated rings. The standard InChI is InChI=1S/C9H10ClNO2S/c1-11(2)9(13)6-3-8(14-5-6)7(12)4-10/h3,5H,4H2,1-2H3. The highest BCUT2D eigenvalue weighted by atomic mass is 35.5. The van der Waals surface area contributed by atoms with Crippen LogP contribution in [-0.4, -0.2) is 36.6 Å². The molecule has 1 rings (SSSR count). The van der Waals surface area contributed by atoms with E-state index in [2.05, 4.69) is 0 Å². The summed E-state index contributed by atoms with van der Waals surface area (Å²) in [7, 11) is 3.34. The number of alkyl halides is 1. The summed E-state index contributed by atoms with van der Waals surface area (Å²) in [5.74, 6) is -0.292. The van der Waals surface area contributed by atoms with Crippen molar-refractivity contribution in [2.45, 2.75) is 0 Å². The van der Waals surface area contributed by atoms with Crippen molar-refractivity contribution in [3.8, 4) is 0 Å². The molecule has 0 saturated carbocycles. The minimum atomic E-state index is -0.144. The lowest BCUT2D eigenvalue weighted by Gasteiger charge is -2.07. The predicted octanol–water partition coefficient (Wildman–Crippen LogP) is 1.87. The molecule has 1 amide bonds. The highest BCUT2D eigenvalue weighted by Gasteiger charge is 2.13. The fourth-order valence-corrected chi connectivity index (χ4v) is 1.96. The Bertz CT molecular complexity index is 359. The Kier molecular flexibility index (Phi) is 3.66. The van der Waals surface area contributed by atoms with E-state index in [1.807, 2.05) is 0 Å². The molecule has 0 radical (unpaired) electrons. The first kappa shape index (κ1) is 11.2. The molecule has 5 heteroatoms. The Labute approximate surface area is 91.3 Å². The third-order valence-corrected chi connectivity index (χ3v) is 2.86. The first-order valence-corrected chi connectivity index (χ1v) is 5.37. The number of rotatable bonds is 3. The molecule has 0 aliphatic carbocycles. The van der Waals surface area contributed by atoms with Crippen LogP contribution in [0.3, 0.4) is 0 Å². The van der Waals surface area contributed by atoms with Gasteiger partial charge in [-0.1, -0.05) is 0 Å². The monoisotopic (exact) mass is 231 g/mol. The Morgan fingerprint density at radius 1 is 1.50 bits per heavy atom. The van der Waals surface area contributed by atoms with Gasteiger partial charge in [-0.15, -0.1) is 22.9 Å². The largest absolute Gasteiger partial charge is 0.345 e. The van der Waals surface area contributed by atoms with Crippen LogP contribution in [-0.2, 0) is 0 Å². The SMILES string of the molecule is CN(C)C(=O)c1csc(C(=O)CCl)c1. The summed E-state index contributed by atoms with van der Waals surface area (Å²) in [6, 6.07) is 1.58. The van der Waals surface area contributed by atoms with Gasteiger partial charge in [0.05, 0.1) is 16.3 Å². The smallest absolute Gasteiger partial charge is 0.254 e. The third-order valence-electron chi connectivity index (χ3n) is 1.65. The topological polar surface area (TPSA) is 37.4 Å². The molecule has 0 aliphatic rings. The van der Waals surface area contributed by atoms with E-state index in [0.717, 1.165) is 0 Å². The van der Waals surface area contributed by atoms with Crippen molar-refractivity contribution in [3.63, 3.8) is 0 Å². The Balaban J connectivity index is 2.88. The average molecular weight is 232 g/mol. The van der Waals surface area contributed by atoms with Gasteiger partial charge in [-0.25, -0.2) is 0 Å². The Morgan fingerprint density at radius 3 is 2.64 bits per heavy atom. The molecular formula is C9H10ClNO2S. The average Bonchev–Trinajstić information content (AvgIpc) is 2.64. The number of ketones is 1. The van der Waals surface area contributed by atoms with Crippen molar-refractivity contribution < 1.29 is 9.59 Å². The van der Waals surface area contributed by atoms with Gasteiger partial charge in [-0.05, 0) is 6.07 Å². The van der Waals surface area contributed by atoms with Gasteiger partial charge in [-0.2, -0.15) is 0 Å². The second kappa shape index (κ2) is 4.57. The van der Waals surface area contributed by atoms with Gasteiger partial charge in [0.1, 0.15) is 0 Å². The van der Waals surface area contributed by atoms with Gasteiger partial charge in [0, 0.05) is 19.5 Å². The summed E-state index contributed by atoms with van der Waals surface area (Å²) in [5.41, 5.74) is 0.536. The second-order valence-electron chi connectivity index (χ2n) is 2.96. The van der Waals surface area contributed by atoms with Crippen molar-refractivity contribution in [3.05, 3.63) is 21.9 Å². The summed E-state index contributed by atoms with van der Waals surface area (Å²) in [6.45, 7) is 0. The molecule has 0 saturated heterocycles. The summed E-state index contributed by atoms with van der Waals surface area (Å²) >= 11 is 6.65. The molecule has 0 bridgehead atoms. The van der Waals surface area contributed by atoms with Crippen LogP contribution in [0.15, 0.2) is 11.4 Å². The van der Waals surface area contributed by atoms with Gasteiger partial charge < -0.3 is 4.90 Å². The van der Waals surface area contributed by atoms with Gasteiger partial charge in [-0.3, -0.25) is 9.59 Å². The van der Waals surface area contributed by atoms with Crippen molar-refractivity contribution >= 4 is 34.6 Å². The van der Waals surface area contributed by atoms with E-state index >= 15 is 0 Å². The first-order chi connectivity index (χ1) is 6.56. The minimum absolute atomic E-state index is 0.0455. The lowest BCUT2D eigenvalue weighted by molar-refractivity contribution is 0.0828. The van der Waals surface area contributed by atoms with Crippen LogP contribution in [0.25, 0.3) is 0 Å². The normalized spacial score (nSPS) is 9.93. The molecule has 3 nitrogen and oxygen atoms in total. The molecule has 0 atom stereocenters. The fourth-order valence-electron chi connectivity index (χ4n) is 0.919. The van der Waals surface area contributed by atoms with Gasteiger partial charge in [0.15, 0.2) is 5.78 Å². The van der Waals surface area contributed by atoms with Gasteiger partial charge in [0.2, 0.25) is 0 Å². The number of nitrogens with zero attached hydrogens (tertiary/aromatic N) is 1. The molecule has 0 unspecified atom stereocenters. The van der Waals surface area contributed by atoms with Gasteiger partial charge in [0.25, 0.3) is 5.91 Å². The first-order valence-electron chi connectivity index (χ1n) is 3.95. The molecule has 1 aromatic heterocycles. The number of amides is 1. The highest BCUT2D eigenvalue weighted by molar-refractivity contribution is 7.12. The quantitative estimate of drug-likeness (QED) is 0.588. The number of hydrogen-bond acceptors (Lipinski definition) is 3. The van der Waals surface area contributed by atoms with Crippen LogP contribution < -0.4 is 0 Å².